The number of rotatable bonds is 7. The van der Waals surface area contributed by atoms with E-state index in [-0.39, 0.29) is 19.0 Å². The zero-order valence-corrected chi connectivity index (χ0v) is 22.7. The normalized spacial score (nSPS) is 20.2. The smallest absolute Gasteiger partial charge is 0.485 e. The van der Waals surface area contributed by atoms with Crippen molar-refractivity contribution < 1.29 is 46.3 Å². The molecule has 214 valence electrons. The Labute approximate surface area is 241 Å². The molecular weight excluding hydrogens is 583 g/mol. The molecule has 0 aromatic heterocycles. The molecule has 2 heterocycles. The standard InChI is InChI=1S/C28H22F3NO7S2/c29-28(30,31)39-20-9-6-17(7-10-20)15-36-21-11-8-18-12-22(21)38-23(19-4-2-1-3-5-19)16-37-41-27-32(14-25(33)34)26(35)24(13-18)40-27/h1-13,23,27H,14-16H2,(H,33,34)/b24-13-. The highest BCUT2D eigenvalue weighted by Gasteiger charge is 2.39. The average molecular weight is 606 g/mol. The van der Waals surface area contributed by atoms with Crippen LogP contribution in [0.2, 0.25) is 0 Å². The molecule has 1 saturated heterocycles. The predicted octanol–water partition coefficient (Wildman–Crippen LogP) is 6.25. The van der Waals surface area contributed by atoms with Crippen molar-refractivity contribution in [3.05, 3.63) is 94.4 Å². The largest absolute Gasteiger partial charge is 0.573 e. The number of halogens is 3. The minimum atomic E-state index is -4.78. The number of thioether (sulfide) groups is 1. The lowest BCUT2D eigenvalue weighted by molar-refractivity contribution is -0.274. The number of aliphatic carboxylic acids is 1. The molecule has 8 nitrogen and oxygen atoms in total. The van der Waals surface area contributed by atoms with Gasteiger partial charge in [-0.2, -0.15) is 0 Å². The molecule has 4 bridgehead atoms. The number of nitrogens with zero attached hydrogens (tertiary/aromatic N) is 1. The van der Waals surface area contributed by atoms with Crippen LogP contribution in [0.3, 0.4) is 0 Å². The third kappa shape index (κ3) is 7.48. The van der Waals surface area contributed by atoms with Crippen LogP contribution < -0.4 is 14.2 Å². The summed E-state index contributed by atoms with van der Waals surface area (Å²) in [4.78, 5) is 26.0. The second-order valence-corrected chi connectivity index (χ2v) is 11.1. The lowest BCUT2D eigenvalue weighted by Gasteiger charge is -2.24. The summed E-state index contributed by atoms with van der Waals surface area (Å²) in [5.74, 6) is -1.17. The molecule has 2 aliphatic rings. The molecule has 1 amide bonds. The lowest BCUT2D eigenvalue weighted by atomic mass is 10.1. The number of amides is 1. The van der Waals surface area contributed by atoms with Gasteiger partial charge in [0.1, 0.15) is 31.6 Å². The molecule has 0 aliphatic carbocycles. The van der Waals surface area contributed by atoms with E-state index in [4.69, 9.17) is 13.7 Å². The van der Waals surface area contributed by atoms with Gasteiger partial charge in [-0.25, -0.2) is 0 Å². The van der Waals surface area contributed by atoms with Gasteiger partial charge in [-0.15, -0.1) is 13.2 Å². The highest BCUT2D eigenvalue weighted by molar-refractivity contribution is 8.18. The summed E-state index contributed by atoms with van der Waals surface area (Å²) in [6, 6.07) is 19.8. The van der Waals surface area contributed by atoms with E-state index in [0.717, 1.165) is 17.6 Å². The van der Waals surface area contributed by atoms with E-state index in [1.165, 1.54) is 40.9 Å². The molecule has 0 spiro atoms. The van der Waals surface area contributed by atoms with E-state index in [0.29, 0.717) is 27.5 Å². The molecule has 13 heteroatoms. The van der Waals surface area contributed by atoms with Gasteiger partial charge in [-0.05, 0) is 47.0 Å². The first-order chi connectivity index (χ1) is 19.6. The van der Waals surface area contributed by atoms with Crippen molar-refractivity contribution in [2.45, 2.75) is 23.8 Å². The fourth-order valence-electron chi connectivity index (χ4n) is 4.02. The van der Waals surface area contributed by atoms with Gasteiger partial charge in [-0.1, -0.05) is 60.3 Å². The van der Waals surface area contributed by atoms with Crippen molar-refractivity contribution in [1.82, 2.24) is 4.90 Å². The topological polar surface area (TPSA) is 94.5 Å². The number of carboxylic acid groups (broad SMARTS) is 1. The maximum absolute atomic E-state index is 13.0. The number of carboxylic acids is 1. The maximum Gasteiger partial charge on any atom is 0.573 e. The second-order valence-electron chi connectivity index (χ2n) is 8.84. The predicted molar refractivity (Wildman–Crippen MR) is 146 cm³/mol. The van der Waals surface area contributed by atoms with Crippen LogP contribution in [0.1, 0.15) is 22.8 Å². The third-order valence-electron chi connectivity index (χ3n) is 5.89. The molecule has 5 rings (SSSR count). The van der Waals surface area contributed by atoms with Crippen LogP contribution in [0.4, 0.5) is 13.2 Å². The Hall–Kier alpha value is -3.81. The third-order valence-corrected chi connectivity index (χ3v) is 8.10. The van der Waals surface area contributed by atoms with Crippen LogP contribution in [0.5, 0.6) is 17.2 Å². The fraction of sp³-hybridized carbons (Fsp3) is 0.214. The number of fused-ring (bicyclic) bond motifs is 4. The highest BCUT2D eigenvalue weighted by Crippen LogP contribution is 2.44. The van der Waals surface area contributed by atoms with Crippen LogP contribution in [-0.4, -0.2) is 46.1 Å². The number of alkyl halides is 3. The first kappa shape index (κ1) is 28.7. The molecule has 0 saturated carbocycles. The number of hydrogen-bond acceptors (Lipinski definition) is 8. The summed E-state index contributed by atoms with van der Waals surface area (Å²) in [6.07, 6.45) is -3.72. The summed E-state index contributed by atoms with van der Waals surface area (Å²) < 4.78 is 59.0. The first-order valence-corrected chi connectivity index (χ1v) is 13.9. The van der Waals surface area contributed by atoms with Crippen LogP contribution >= 0.6 is 23.8 Å². The Kier molecular flexibility index (Phi) is 8.66. The minimum absolute atomic E-state index is 0.0333. The van der Waals surface area contributed by atoms with Gasteiger partial charge in [0.15, 0.2) is 16.2 Å². The summed E-state index contributed by atoms with van der Waals surface area (Å²) in [6.45, 7) is -0.361. The van der Waals surface area contributed by atoms with E-state index in [1.807, 2.05) is 30.3 Å². The van der Waals surface area contributed by atoms with E-state index >= 15 is 0 Å². The Balaban J connectivity index is 1.43. The number of benzene rings is 3. The summed E-state index contributed by atoms with van der Waals surface area (Å²) in [5, 5.41) is 9.32. The Morgan fingerprint density at radius 2 is 1.83 bits per heavy atom. The van der Waals surface area contributed by atoms with Crippen molar-refractivity contribution >= 4 is 41.8 Å². The second kappa shape index (κ2) is 12.4. The lowest BCUT2D eigenvalue weighted by Crippen LogP contribution is -2.35. The maximum atomic E-state index is 13.0. The molecule has 41 heavy (non-hydrogen) atoms. The average Bonchev–Trinajstić information content (AvgIpc) is 3.20. The van der Waals surface area contributed by atoms with E-state index in [2.05, 4.69) is 4.74 Å². The molecule has 2 atom stereocenters. The molecule has 1 fully saturated rings. The fourth-order valence-corrected chi connectivity index (χ4v) is 6.19. The van der Waals surface area contributed by atoms with Crippen molar-refractivity contribution in [2.75, 3.05) is 13.2 Å². The van der Waals surface area contributed by atoms with Crippen LogP contribution in [0.25, 0.3) is 6.08 Å². The highest BCUT2D eigenvalue weighted by atomic mass is 32.2. The monoisotopic (exact) mass is 605 g/mol. The minimum Gasteiger partial charge on any atom is -0.485 e. The molecule has 1 N–H and O–H groups in total. The van der Waals surface area contributed by atoms with E-state index in [1.54, 1.807) is 24.3 Å². The van der Waals surface area contributed by atoms with Gasteiger partial charge in [0.25, 0.3) is 5.91 Å². The van der Waals surface area contributed by atoms with Gasteiger partial charge >= 0.3 is 12.3 Å². The quantitative estimate of drug-likeness (QED) is 0.314. The first-order valence-electron chi connectivity index (χ1n) is 12.2. The number of carbonyl (C=O) groups is 2. The molecule has 0 radical (unpaired) electrons. The van der Waals surface area contributed by atoms with E-state index < -0.39 is 35.6 Å². The molecule has 2 unspecified atom stereocenters. The zero-order valence-electron chi connectivity index (χ0n) is 21.1. The van der Waals surface area contributed by atoms with E-state index in [9.17, 15) is 27.9 Å². The van der Waals surface area contributed by atoms with Gasteiger partial charge < -0.3 is 28.4 Å². The molecule has 3 aromatic rings. The Morgan fingerprint density at radius 3 is 2.54 bits per heavy atom. The van der Waals surface area contributed by atoms with Gasteiger partial charge in [0.05, 0.1) is 4.91 Å². The van der Waals surface area contributed by atoms with Crippen molar-refractivity contribution in [1.29, 1.82) is 0 Å². The van der Waals surface area contributed by atoms with Crippen LogP contribution in [-0.2, 0) is 20.4 Å². The number of carbonyl (C=O) groups excluding carboxylic acids is 1. The van der Waals surface area contributed by atoms with Gasteiger partial charge in [0, 0.05) is 12.0 Å². The Bertz CT molecular complexity index is 1430. The van der Waals surface area contributed by atoms with Crippen LogP contribution in [0.15, 0.2) is 77.7 Å². The Morgan fingerprint density at radius 1 is 1.07 bits per heavy atom. The summed E-state index contributed by atoms with van der Waals surface area (Å²) in [7, 11) is 0. The van der Waals surface area contributed by atoms with Gasteiger partial charge in [0.2, 0.25) is 0 Å². The van der Waals surface area contributed by atoms with Gasteiger partial charge in [-0.3, -0.25) is 9.59 Å². The molecule has 2 aliphatic heterocycles. The van der Waals surface area contributed by atoms with Crippen molar-refractivity contribution in [3.63, 3.8) is 0 Å². The zero-order chi connectivity index (χ0) is 29.0. The number of hydrogen-bond donors (Lipinski definition) is 1. The van der Waals surface area contributed by atoms with Crippen LogP contribution in [0, 0.1) is 0 Å². The summed E-state index contributed by atoms with van der Waals surface area (Å²) >= 11 is 2.20. The van der Waals surface area contributed by atoms with Crippen molar-refractivity contribution in [2.24, 2.45) is 0 Å². The molecule has 3 aromatic carbocycles. The SMILES string of the molecule is O=C(O)CN1C(=O)/C2=C/c3ccc(OCc4ccc(OC(F)(F)F)cc4)c(c3)OC(c3ccccc3)COSC1S2. The molecular formula is C28H22F3NO7S2. The van der Waals surface area contributed by atoms with Crippen molar-refractivity contribution in [3.8, 4) is 17.2 Å². The summed E-state index contributed by atoms with van der Waals surface area (Å²) in [5.41, 5.74) is 2.05. The number of ether oxygens (including phenoxy) is 3.